The van der Waals surface area contributed by atoms with Gasteiger partial charge in [0.15, 0.2) is 5.76 Å². The molecule has 122 valence electrons. The number of aliphatic hydroxyl groups is 1. The molecule has 1 heterocycles. The van der Waals surface area contributed by atoms with Gasteiger partial charge in [-0.2, -0.15) is 0 Å². The van der Waals surface area contributed by atoms with Crippen LogP contribution in [0.3, 0.4) is 0 Å². The summed E-state index contributed by atoms with van der Waals surface area (Å²) in [6, 6.07) is 11.7. The number of rotatable bonds is 7. The summed E-state index contributed by atoms with van der Waals surface area (Å²) in [6.07, 6.45) is 1.16. The zero-order valence-electron chi connectivity index (χ0n) is 12.9. The molecule has 0 fully saturated rings. The topological polar surface area (TPSA) is 91.6 Å². The molecule has 23 heavy (non-hydrogen) atoms. The second-order valence-corrected chi connectivity index (χ2v) is 5.18. The molecule has 6 nitrogen and oxygen atoms in total. The molecule has 0 aliphatic carbocycles. The number of hydrogen-bond acceptors (Lipinski definition) is 4. The molecule has 1 aromatic heterocycles. The van der Waals surface area contributed by atoms with Crippen LogP contribution in [0, 0.1) is 0 Å². The number of furan rings is 1. The van der Waals surface area contributed by atoms with Crippen LogP contribution in [0.1, 0.15) is 35.6 Å². The smallest absolute Gasteiger partial charge is 0.287 e. The van der Waals surface area contributed by atoms with Crippen LogP contribution in [0.2, 0.25) is 0 Å². The Bertz CT molecular complexity index is 625. The van der Waals surface area contributed by atoms with Gasteiger partial charge >= 0.3 is 0 Å². The number of hydrogen-bond donors (Lipinski definition) is 3. The quantitative estimate of drug-likeness (QED) is 0.724. The molecule has 0 saturated heterocycles. The maximum absolute atomic E-state index is 11.9. The lowest BCUT2D eigenvalue weighted by atomic mass is 10.1. The Labute approximate surface area is 134 Å². The second kappa shape index (κ2) is 8.14. The van der Waals surface area contributed by atoms with Gasteiger partial charge in [0.05, 0.1) is 12.4 Å². The molecule has 0 aliphatic heterocycles. The van der Waals surface area contributed by atoms with Crippen molar-refractivity contribution in [2.75, 3.05) is 6.54 Å². The lowest BCUT2D eigenvalue weighted by Crippen LogP contribution is -2.45. The molecule has 2 unspecified atom stereocenters. The number of carbonyl (C=O) groups is 2. The third kappa shape index (κ3) is 4.96. The van der Waals surface area contributed by atoms with E-state index in [1.165, 1.54) is 12.3 Å². The van der Waals surface area contributed by atoms with Gasteiger partial charge in [0.1, 0.15) is 6.04 Å². The third-order valence-corrected chi connectivity index (χ3v) is 3.39. The Balaban J connectivity index is 1.73. The Kier molecular flexibility index (Phi) is 5.94. The van der Waals surface area contributed by atoms with Crippen molar-refractivity contribution in [2.24, 2.45) is 0 Å². The highest BCUT2D eigenvalue weighted by molar-refractivity contribution is 5.95. The maximum atomic E-state index is 11.9. The van der Waals surface area contributed by atoms with E-state index in [0.29, 0.717) is 13.0 Å². The Morgan fingerprint density at radius 1 is 1.17 bits per heavy atom. The molecule has 0 aliphatic rings. The van der Waals surface area contributed by atoms with Gasteiger partial charge in [-0.3, -0.25) is 9.59 Å². The van der Waals surface area contributed by atoms with Crippen molar-refractivity contribution in [2.45, 2.75) is 25.5 Å². The minimum Gasteiger partial charge on any atom is -0.459 e. The fourth-order valence-corrected chi connectivity index (χ4v) is 2.07. The first-order valence-corrected chi connectivity index (χ1v) is 7.43. The standard InChI is InChI=1S/C17H20N2O4/c1-12(19-17(22)15-8-5-11-23-15)16(21)18-10-9-14(20)13-6-3-2-4-7-13/h2-8,11-12,14,20H,9-10H2,1H3,(H,18,21)(H,19,22). The molecule has 2 amide bonds. The van der Waals surface area contributed by atoms with Crippen molar-refractivity contribution in [1.82, 2.24) is 10.6 Å². The van der Waals surface area contributed by atoms with Crippen molar-refractivity contribution in [3.05, 3.63) is 60.1 Å². The summed E-state index contributed by atoms with van der Waals surface area (Å²) in [5.41, 5.74) is 0.806. The van der Waals surface area contributed by atoms with Gasteiger partial charge in [-0.25, -0.2) is 0 Å². The fraction of sp³-hybridized carbons (Fsp3) is 0.294. The summed E-state index contributed by atoms with van der Waals surface area (Å²) in [4.78, 5) is 23.7. The van der Waals surface area contributed by atoms with E-state index in [1.54, 1.807) is 13.0 Å². The predicted molar refractivity (Wildman–Crippen MR) is 84.7 cm³/mol. The van der Waals surface area contributed by atoms with E-state index in [0.717, 1.165) is 5.56 Å². The maximum Gasteiger partial charge on any atom is 0.287 e. The van der Waals surface area contributed by atoms with Crippen LogP contribution >= 0.6 is 0 Å². The van der Waals surface area contributed by atoms with Crippen molar-refractivity contribution in [3.63, 3.8) is 0 Å². The van der Waals surface area contributed by atoms with Crippen molar-refractivity contribution in [3.8, 4) is 0 Å². The summed E-state index contributed by atoms with van der Waals surface area (Å²) >= 11 is 0. The summed E-state index contributed by atoms with van der Waals surface area (Å²) < 4.78 is 4.96. The number of amides is 2. The zero-order chi connectivity index (χ0) is 16.7. The highest BCUT2D eigenvalue weighted by Crippen LogP contribution is 2.14. The molecule has 0 bridgehead atoms. The van der Waals surface area contributed by atoms with Crippen LogP contribution in [0.4, 0.5) is 0 Å². The van der Waals surface area contributed by atoms with Crippen LogP contribution in [-0.2, 0) is 4.79 Å². The zero-order valence-corrected chi connectivity index (χ0v) is 12.9. The number of aliphatic hydroxyl groups excluding tert-OH is 1. The van der Waals surface area contributed by atoms with E-state index in [2.05, 4.69) is 10.6 Å². The lowest BCUT2D eigenvalue weighted by molar-refractivity contribution is -0.122. The largest absolute Gasteiger partial charge is 0.459 e. The SMILES string of the molecule is CC(NC(=O)c1ccco1)C(=O)NCCC(O)c1ccccc1. The van der Waals surface area contributed by atoms with Gasteiger partial charge in [-0.05, 0) is 31.0 Å². The van der Waals surface area contributed by atoms with Gasteiger partial charge < -0.3 is 20.2 Å². The summed E-state index contributed by atoms with van der Waals surface area (Å²) in [5, 5.41) is 15.2. The molecular formula is C17H20N2O4. The average Bonchev–Trinajstić information content (AvgIpc) is 3.10. The van der Waals surface area contributed by atoms with Crippen LogP contribution in [0.5, 0.6) is 0 Å². The van der Waals surface area contributed by atoms with Gasteiger partial charge in [-0.15, -0.1) is 0 Å². The Hall–Kier alpha value is -2.60. The molecule has 2 rings (SSSR count). The van der Waals surface area contributed by atoms with Crippen LogP contribution in [0.25, 0.3) is 0 Å². The lowest BCUT2D eigenvalue weighted by Gasteiger charge is -2.15. The third-order valence-electron chi connectivity index (χ3n) is 3.39. The number of carbonyl (C=O) groups excluding carboxylic acids is 2. The van der Waals surface area contributed by atoms with E-state index < -0.39 is 18.1 Å². The molecule has 6 heteroatoms. The molecule has 0 saturated carbocycles. The molecule has 0 radical (unpaired) electrons. The van der Waals surface area contributed by atoms with E-state index in [-0.39, 0.29) is 11.7 Å². The minimum atomic E-state index is -0.693. The van der Waals surface area contributed by atoms with E-state index >= 15 is 0 Å². The molecule has 2 aromatic rings. The first-order chi connectivity index (χ1) is 11.1. The predicted octanol–water partition coefficient (Wildman–Crippen LogP) is 1.64. The molecule has 2 atom stereocenters. The normalized spacial score (nSPS) is 13.1. The van der Waals surface area contributed by atoms with Gasteiger partial charge in [0.2, 0.25) is 5.91 Å². The molecule has 3 N–H and O–H groups in total. The van der Waals surface area contributed by atoms with E-state index in [1.807, 2.05) is 30.3 Å². The summed E-state index contributed by atoms with van der Waals surface area (Å²) in [6.45, 7) is 1.90. The van der Waals surface area contributed by atoms with Crippen molar-refractivity contribution < 1.29 is 19.1 Å². The van der Waals surface area contributed by atoms with Crippen LogP contribution in [-0.4, -0.2) is 29.5 Å². The molecule has 1 aromatic carbocycles. The van der Waals surface area contributed by atoms with Crippen molar-refractivity contribution in [1.29, 1.82) is 0 Å². The summed E-state index contributed by atoms with van der Waals surface area (Å²) in [5.74, 6) is -0.601. The highest BCUT2D eigenvalue weighted by atomic mass is 16.3. The monoisotopic (exact) mass is 316 g/mol. The van der Waals surface area contributed by atoms with E-state index in [4.69, 9.17) is 4.42 Å². The average molecular weight is 316 g/mol. The Morgan fingerprint density at radius 3 is 2.57 bits per heavy atom. The van der Waals surface area contributed by atoms with Crippen LogP contribution < -0.4 is 10.6 Å². The highest BCUT2D eigenvalue weighted by Gasteiger charge is 2.18. The number of nitrogens with one attached hydrogen (secondary N) is 2. The van der Waals surface area contributed by atoms with Gasteiger partial charge in [0, 0.05) is 6.54 Å². The van der Waals surface area contributed by atoms with Crippen LogP contribution in [0.15, 0.2) is 53.1 Å². The summed E-state index contributed by atoms with van der Waals surface area (Å²) in [7, 11) is 0. The second-order valence-electron chi connectivity index (χ2n) is 5.18. The van der Waals surface area contributed by atoms with Crippen molar-refractivity contribution >= 4 is 11.8 Å². The van der Waals surface area contributed by atoms with E-state index in [9.17, 15) is 14.7 Å². The first-order valence-electron chi connectivity index (χ1n) is 7.43. The molecular weight excluding hydrogens is 296 g/mol. The first kappa shape index (κ1) is 16.8. The number of benzene rings is 1. The molecule has 0 spiro atoms. The Morgan fingerprint density at radius 2 is 1.91 bits per heavy atom. The van der Waals surface area contributed by atoms with Gasteiger partial charge in [-0.1, -0.05) is 30.3 Å². The van der Waals surface area contributed by atoms with Gasteiger partial charge in [0.25, 0.3) is 5.91 Å². The minimum absolute atomic E-state index is 0.157. The fourth-order valence-electron chi connectivity index (χ4n) is 2.07.